The maximum absolute atomic E-state index is 11.7. The first-order valence-corrected chi connectivity index (χ1v) is 5.97. The molecule has 0 saturated carbocycles. The highest BCUT2D eigenvalue weighted by Gasteiger charge is 2.14. The van der Waals surface area contributed by atoms with Crippen LogP contribution in [-0.4, -0.2) is 29.1 Å². The molecule has 2 aromatic rings. The van der Waals surface area contributed by atoms with E-state index in [9.17, 15) is 4.79 Å². The summed E-state index contributed by atoms with van der Waals surface area (Å²) in [5.74, 6) is -0.0790. The molecule has 1 aromatic heterocycles. The van der Waals surface area contributed by atoms with Gasteiger partial charge in [0, 0.05) is 13.7 Å². The number of aromatic nitrogens is 2. The van der Waals surface area contributed by atoms with Gasteiger partial charge in [-0.3, -0.25) is 4.79 Å². The third-order valence-corrected chi connectivity index (χ3v) is 2.90. The Hall–Kier alpha value is -1.88. The molecule has 1 amide bonds. The third-order valence-electron chi connectivity index (χ3n) is 2.90. The molecule has 96 valence electrons. The molecule has 1 atom stereocenters. The number of ether oxygens (including phenoxy) is 1. The average molecular weight is 247 g/mol. The quantitative estimate of drug-likeness (QED) is 0.843. The number of benzene rings is 1. The average Bonchev–Trinajstić information content (AvgIpc) is 2.85. The van der Waals surface area contributed by atoms with Gasteiger partial charge >= 0.3 is 0 Å². The molecule has 0 aliphatic rings. The zero-order valence-electron chi connectivity index (χ0n) is 10.6. The van der Waals surface area contributed by atoms with E-state index in [1.54, 1.807) is 13.4 Å². The molecular weight excluding hydrogens is 230 g/mol. The zero-order chi connectivity index (χ0) is 13.0. The SMILES string of the molecule is CC[C@H](OC)C(=O)NCc1ccc2nc[nH]c2c1. The molecule has 0 aliphatic carbocycles. The Morgan fingerprint density at radius 2 is 2.39 bits per heavy atom. The predicted octanol–water partition coefficient (Wildman–Crippen LogP) is 1.60. The minimum Gasteiger partial charge on any atom is -0.372 e. The summed E-state index contributed by atoms with van der Waals surface area (Å²) in [6.07, 6.45) is 1.95. The van der Waals surface area contributed by atoms with Crippen LogP contribution >= 0.6 is 0 Å². The Morgan fingerprint density at radius 3 is 3.11 bits per heavy atom. The van der Waals surface area contributed by atoms with Gasteiger partial charge in [-0.25, -0.2) is 4.98 Å². The van der Waals surface area contributed by atoms with Gasteiger partial charge in [-0.2, -0.15) is 0 Å². The van der Waals surface area contributed by atoms with E-state index in [4.69, 9.17) is 4.74 Å². The van der Waals surface area contributed by atoms with Crippen LogP contribution in [0.1, 0.15) is 18.9 Å². The number of nitrogens with one attached hydrogen (secondary N) is 2. The zero-order valence-corrected chi connectivity index (χ0v) is 10.6. The van der Waals surface area contributed by atoms with Gasteiger partial charge in [0.05, 0.1) is 17.4 Å². The normalized spacial score (nSPS) is 12.6. The smallest absolute Gasteiger partial charge is 0.249 e. The number of carbonyl (C=O) groups is 1. The van der Waals surface area contributed by atoms with Crippen molar-refractivity contribution in [2.24, 2.45) is 0 Å². The topological polar surface area (TPSA) is 67.0 Å². The van der Waals surface area contributed by atoms with Crippen molar-refractivity contribution in [2.45, 2.75) is 26.0 Å². The molecule has 0 unspecified atom stereocenters. The Bertz CT molecular complexity index is 532. The number of methoxy groups -OCH3 is 1. The van der Waals surface area contributed by atoms with E-state index in [2.05, 4.69) is 15.3 Å². The first-order chi connectivity index (χ1) is 8.74. The predicted molar refractivity (Wildman–Crippen MR) is 69.0 cm³/mol. The summed E-state index contributed by atoms with van der Waals surface area (Å²) < 4.78 is 5.08. The van der Waals surface area contributed by atoms with E-state index < -0.39 is 0 Å². The highest BCUT2D eigenvalue weighted by molar-refractivity contribution is 5.81. The number of amides is 1. The van der Waals surface area contributed by atoms with E-state index in [0.717, 1.165) is 16.6 Å². The number of nitrogens with zero attached hydrogens (tertiary/aromatic N) is 1. The van der Waals surface area contributed by atoms with Crippen molar-refractivity contribution in [3.63, 3.8) is 0 Å². The molecule has 2 N–H and O–H groups in total. The van der Waals surface area contributed by atoms with Gasteiger partial charge in [0.1, 0.15) is 6.10 Å². The second-order valence-electron chi connectivity index (χ2n) is 4.10. The van der Waals surface area contributed by atoms with Crippen LogP contribution in [0.15, 0.2) is 24.5 Å². The fourth-order valence-electron chi connectivity index (χ4n) is 1.85. The second-order valence-corrected chi connectivity index (χ2v) is 4.10. The van der Waals surface area contributed by atoms with Crippen LogP contribution in [0.25, 0.3) is 11.0 Å². The van der Waals surface area contributed by atoms with Gasteiger partial charge < -0.3 is 15.0 Å². The number of hydrogen-bond acceptors (Lipinski definition) is 3. The second kappa shape index (κ2) is 5.64. The van der Waals surface area contributed by atoms with Gasteiger partial charge in [-0.1, -0.05) is 13.0 Å². The van der Waals surface area contributed by atoms with Crippen LogP contribution in [0.3, 0.4) is 0 Å². The van der Waals surface area contributed by atoms with Gasteiger partial charge in [0.15, 0.2) is 0 Å². The monoisotopic (exact) mass is 247 g/mol. The number of imidazole rings is 1. The molecule has 0 aliphatic heterocycles. The van der Waals surface area contributed by atoms with Crippen molar-refractivity contribution in [1.29, 1.82) is 0 Å². The Kier molecular flexibility index (Phi) is 3.94. The summed E-state index contributed by atoms with van der Waals surface area (Å²) in [5.41, 5.74) is 2.93. The van der Waals surface area contributed by atoms with E-state index in [-0.39, 0.29) is 12.0 Å². The Morgan fingerprint density at radius 1 is 1.56 bits per heavy atom. The maximum Gasteiger partial charge on any atom is 0.249 e. The van der Waals surface area contributed by atoms with Crippen molar-refractivity contribution in [1.82, 2.24) is 15.3 Å². The molecule has 1 aromatic carbocycles. The Balaban J connectivity index is 1.99. The minimum atomic E-state index is -0.374. The molecule has 0 fully saturated rings. The summed E-state index contributed by atoms with van der Waals surface area (Å²) in [4.78, 5) is 18.9. The van der Waals surface area contributed by atoms with Crippen molar-refractivity contribution in [3.05, 3.63) is 30.1 Å². The van der Waals surface area contributed by atoms with E-state index in [0.29, 0.717) is 13.0 Å². The van der Waals surface area contributed by atoms with Gasteiger partial charge in [0.25, 0.3) is 0 Å². The lowest BCUT2D eigenvalue weighted by atomic mass is 10.2. The number of hydrogen-bond donors (Lipinski definition) is 2. The van der Waals surface area contributed by atoms with Gasteiger partial charge in [-0.05, 0) is 24.1 Å². The van der Waals surface area contributed by atoms with Crippen molar-refractivity contribution < 1.29 is 9.53 Å². The van der Waals surface area contributed by atoms with E-state index in [1.165, 1.54) is 0 Å². The fraction of sp³-hybridized carbons (Fsp3) is 0.385. The number of rotatable bonds is 5. The van der Waals surface area contributed by atoms with Gasteiger partial charge in [-0.15, -0.1) is 0 Å². The van der Waals surface area contributed by atoms with Crippen LogP contribution in [-0.2, 0) is 16.1 Å². The van der Waals surface area contributed by atoms with Crippen LogP contribution in [0.4, 0.5) is 0 Å². The van der Waals surface area contributed by atoms with Crippen LogP contribution in [0.5, 0.6) is 0 Å². The summed E-state index contributed by atoms with van der Waals surface area (Å²) in [6.45, 7) is 2.41. The lowest BCUT2D eigenvalue weighted by Gasteiger charge is -2.13. The minimum absolute atomic E-state index is 0.0790. The highest BCUT2D eigenvalue weighted by atomic mass is 16.5. The van der Waals surface area contributed by atoms with Crippen molar-refractivity contribution >= 4 is 16.9 Å². The lowest BCUT2D eigenvalue weighted by Crippen LogP contribution is -2.34. The standard InChI is InChI=1S/C13H17N3O2/c1-3-12(18-2)13(17)14-7-9-4-5-10-11(6-9)16-8-15-10/h4-6,8,12H,3,7H2,1-2H3,(H,14,17)(H,15,16)/t12-/m0/s1. The number of fused-ring (bicyclic) bond motifs is 1. The summed E-state index contributed by atoms with van der Waals surface area (Å²) in [7, 11) is 1.55. The molecule has 0 spiro atoms. The first-order valence-electron chi connectivity index (χ1n) is 5.97. The summed E-state index contributed by atoms with van der Waals surface area (Å²) in [5, 5.41) is 2.86. The van der Waals surface area contributed by atoms with Crippen molar-refractivity contribution in [3.8, 4) is 0 Å². The highest BCUT2D eigenvalue weighted by Crippen LogP contribution is 2.11. The summed E-state index contributed by atoms with van der Waals surface area (Å²) >= 11 is 0. The number of aromatic amines is 1. The molecule has 1 heterocycles. The molecule has 0 saturated heterocycles. The largest absolute Gasteiger partial charge is 0.372 e. The molecule has 18 heavy (non-hydrogen) atoms. The van der Waals surface area contributed by atoms with Crippen LogP contribution in [0, 0.1) is 0 Å². The van der Waals surface area contributed by atoms with Gasteiger partial charge in [0.2, 0.25) is 5.91 Å². The summed E-state index contributed by atoms with van der Waals surface area (Å²) in [6, 6.07) is 5.87. The number of carbonyl (C=O) groups excluding carboxylic acids is 1. The number of H-pyrrole nitrogens is 1. The van der Waals surface area contributed by atoms with E-state index >= 15 is 0 Å². The lowest BCUT2D eigenvalue weighted by molar-refractivity contribution is -0.131. The van der Waals surface area contributed by atoms with Crippen LogP contribution in [0.2, 0.25) is 0 Å². The molecule has 0 bridgehead atoms. The van der Waals surface area contributed by atoms with E-state index in [1.807, 2.05) is 25.1 Å². The Labute approximate surface area is 106 Å². The maximum atomic E-state index is 11.7. The first kappa shape index (κ1) is 12.6. The fourth-order valence-corrected chi connectivity index (χ4v) is 1.85. The van der Waals surface area contributed by atoms with Crippen LogP contribution < -0.4 is 5.32 Å². The molecule has 2 rings (SSSR count). The molecular formula is C13H17N3O2. The van der Waals surface area contributed by atoms with Crippen molar-refractivity contribution in [2.75, 3.05) is 7.11 Å². The third kappa shape index (κ3) is 2.68. The molecule has 0 radical (unpaired) electrons. The molecule has 5 nitrogen and oxygen atoms in total. The molecule has 5 heteroatoms.